The number of alkyl halides is 3. The molecule has 0 saturated heterocycles. The number of halogens is 3. The van der Waals surface area contributed by atoms with Crippen LogP contribution in [0.15, 0.2) is 53.4 Å². The summed E-state index contributed by atoms with van der Waals surface area (Å²) < 4.78 is 60.0. The number of Topliss-reactive ketones (excluding diaryl/α,β-unsaturated/α-hetero) is 1. The molecule has 5 nitrogen and oxygen atoms in total. The molecule has 0 fully saturated rings. The molecule has 0 aliphatic rings. The Bertz CT molecular complexity index is 919. The Morgan fingerprint density at radius 3 is 2.08 bits per heavy atom. The molecule has 2 rings (SSSR count). The quantitative estimate of drug-likeness (QED) is 0.835. The first kappa shape index (κ1) is 18.7. The van der Waals surface area contributed by atoms with E-state index >= 15 is 0 Å². The van der Waals surface area contributed by atoms with Gasteiger partial charge >= 0.3 is 5.51 Å². The third kappa shape index (κ3) is 4.05. The molecule has 0 unspecified atom stereocenters. The molecule has 0 aliphatic heterocycles. The zero-order valence-electron chi connectivity index (χ0n) is 12.8. The van der Waals surface area contributed by atoms with Gasteiger partial charge in [-0.15, -0.1) is 0 Å². The molecule has 2 aromatic carbocycles. The van der Waals surface area contributed by atoms with E-state index < -0.39 is 26.1 Å². The summed E-state index contributed by atoms with van der Waals surface area (Å²) in [5.41, 5.74) is -4.74. The molecular weight excluding hydrogens is 359 g/mol. The third-order valence-electron chi connectivity index (χ3n) is 3.26. The average Bonchev–Trinajstić information content (AvgIpc) is 2.54. The largest absolute Gasteiger partial charge is 0.501 e. The number of nitrogens with one attached hydrogen (secondary N) is 1. The predicted molar refractivity (Wildman–Crippen MR) is 84.1 cm³/mol. The van der Waals surface area contributed by atoms with Crippen LogP contribution >= 0.6 is 0 Å². The van der Waals surface area contributed by atoms with Gasteiger partial charge < -0.3 is 5.32 Å². The number of hydrogen-bond acceptors (Lipinski definition) is 4. The molecule has 0 heterocycles. The highest BCUT2D eigenvalue weighted by molar-refractivity contribution is 7.92. The Kier molecular flexibility index (Phi) is 4.98. The molecule has 0 atom stereocenters. The van der Waals surface area contributed by atoms with Crippen molar-refractivity contribution in [3.63, 3.8) is 0 Å². The number of carbonyl (C=O) groups is 2. The van der Waals surface area contributed by atoms with E-state index in [1.54, 1.807) is 12.1 Å². The van der Waals surface area contributed by atoms with E-state index in [-0.39, 0.29) is 11.3 Å². The number of rotatable bonds is 4. The molecule has 0 bridgehead atoms. The summed E-state index contributed by atoms with van der Waals surface area (Å²) in [6.45, 7) is 1.36. The fraction of sp³-hybridized carbons (Fsp3) is 0.125. The van der Waals surface area contributed by atoms with Gasteiger partial charge in [0.15, 0.2) is 5.78 Å². The first-order valence-electron chi connectivity index (χ1n) is 6.86. The molecule has 9 heteroatoms. The number of amides is 1. The standard InChI is InChI=1S/C16H12F3NO4S/c1-10(21)12-3-2-4-13(9-12)20-15(22)11-5-7-14(8-6-11)25(23,24)16(17,18)19/h2-9H,1H3,(H,20,22). The van der Waals surface area contributed by atoms with Crippen molar-refractivity contribution in [3.8, 4) is 0 Å². The second-order valence-corrected chi connectivity index (χ2v) is 7.01. The lowest BCUT2D eigenvalue weighted by atomic mass is 10.1. The van der Waals surface area contributed by atoms with Gasteiger partial charge in [0.2, 0.25) is 0 Å². The van der Waals surface area contributed by atoms with E-state index in [0.717, 1.165) is 12.1 Å². The average molecular weight is 371 g/mol. The normalized spacial score (nSPS) is 11.8. The molecule has 0 saturated carbocycles. The SMILES string of the molecule is CC(=O)c1cccc(NC(=O)c2ccc(S(=O)(=O)C(F)(F)F)cc2)c1. The van der Waals surface area contributed by atoms with E-state index in [9.17, 15) is 31.2 Å². The van der Waals surface area contributed by atoms with E-state index in [0.29, 0.717) is 23.4 Å². The number of ketones is 1. The number of benzene rings is 2. The highest BCUT2D eigenvalue weighted by Gasteiger charge is 2.46. The van der Waals surface area contributed by atoms with E-state index in [1.807, 2.05) is 0 Å². The molecule has 132 valence electrons. The molecule has 1 N–H and O–H groups in total. The maximum atomic E-state index is 12.5. The van der Waals surface area contributed by atoms with Crippen molar-refractivity contribution in [3.05, 3.63) is 59.7 Å². The van der Waals surface area contributed by atoms with Crippen LogP contribution in [-0.4, -0.2) is 25.6 Å². The van der Waals surface area contributed by atoms with Crippen molar-refractivity contribution in [1.82, 2.24) is 0 Å². The lowest BCUT2D eigenvalue weighted by Gasteiger charge is -2.09. The van der Waals surface area contributed by atoms with Crippen molar-refractivity contribution in [1.29, 1.82) is 0 Å². The molecule has 0 aromatic heterocycles. The van der Waals surface area contributed by atoms with Gasteiger partial charge in [-0.25, -0.2) is 8.42 Å². The molecule has 25 heavy (non-hydrogen) atoms. The molecule has 1 amide bonds. The van der Waals surface area contributed by atoms with Crippen molar-refractivity contribution in [2.75, 3.05) is 5.32 Å². The van der Waals surface area contributed by atoms with Crippen LogP contribution in [0.2, 0.25) is 0 Å². The van der Waals surface area contributed by atoms with Gasteiger partial charge in [-0.05, 0) is 43.3 Å². The van der Waals surface area contributed by atoms with Crippen LogP contribution in [0.4, 0.5) is 18.9 Å². The maximum Gasteiger partial charge on any atom is 0.501 e. The van der Waals surface area contributed by atoms with E-state index in [4.69, 9.17) is 0 Å². The minimum atomic E-state index is -5.46. The highest BCUT2D eigenvalue weighted by Crippen LogP contribution is 2.30. The van der Waals surface area contributed by atoms with Crippen molar-refractivity contribution < 1.29 is 31.2 Å². The Morgan fingerprint density at radius 1 is 0.960 bits per heavy atom. The van der Waals surface area contributed by atoms with Gasteiger partial charge in [0.25, 0.3) is 15.7 Å². The molecule has 0 radical (unpaired) electrons. The van der Waals surface area contributed by atoms with Crippen LogP contribution in [0.3, 0.4) is 0 Å². The summed E-state index contributed by atoms with van der Waals surface area (Å²) in [7, 11) is -5.46. The van der Waals surface area contributed by atoms with Gasteiger partial charge in [0.1, 0.15) is 0 Å². The van der Waals surface area contributed by atoms with Crippen LogP contribution in [-0.2, 0) is 9.84 Å². The van der Waals surface area contributed by atoms with Crippen LogP contribution in [0, 0.1) is 0 Å². The van der Waals surface area contributed by atoms with Crippen LogP contribution in [0.1, 0.15) is 27.6 Å². The Hall–Kier alpha value is -2.68. The van der Waals surface area contributed by atoms with Crippen LogP contribution in [0.25, 0.3) is 0 Å². The second kappa shape index (κ2) is 6.67. The lowest BCUT2D eigenvalue weighted by molar-refractivity contribution is -0.0436. The van der Waals surface area contributed by atoms with Crippen LogP contribution in [0.5, 0.6) is 0 Å². The summed E-state index contributed by atoms with van der Waals surface area (Å²) in [4.78, 5) is 22.4. The van der Waals surface area contributed by atoms with Crippen molar-refractivity contribution in [2.24, 2.45) is 0 Å². The van der Waals surface area contributed by atoms with Crippen molar-refractivity contribution in [2.45, 2.75) is 17.3 Å². The zero-order chi connectivity index (χ0) is 18.8. The molecular formula is C16H12F3NO4S. The zero-order valence-corrected chi connectivity index (χ0v) is 13.6. The maximum absolute atomic E-state index is 12.5. The minimum absolute atomic E-state index is 0.0330. The Labute approximate surface area is 141 Å². The monoisotopic (exact) mass is 371 g/mol. The minimum Gasteiger partial charge on any atom is -0.322 e. The lowest BCUT2D eigenvalue weighted by Crippen LogP contribution is -2.23. The summed E-state index contributed by atoms with van der Waals surface area (Å²) >= 11 is 0. The van der Waals surface area contributed by atoms with E-state index in [1.165, 1.54) is 19.1 Å². The fourth-order valence-electron chi connectivity index (χ4n) is 1.94. The Morgan fingerprint density at radius 2 is 1.56 bits per heavy atom. The third-order valence-corrected chi connectivity index (χ3v) is 4.76. The number of anilines is 1. The van der Waals surface area contributed by atoms with Gasteiger partial charge in [0.05, 0.1) is 4.90 Å². The van der Waals surface area contributed by atoms with Gasteiger partial charge in [-0.2, -0.15) is 13.2 Å². The van der Waals surface area contributed by atoms with Gasteiger partial charge in [-0.1, -0.05) is 12.1 Å². The van der Waals surface area contributed by atoms with Crippen molar-refractivity contribution >= 4 is 27.2 Å². The summed E-state index contributed by atoms with van der Waals surface area (Å²) in [5.74, 6) is -0.852. The number of sulfone groups is 1. The molecule has 0 spiro atoms. The smallest absolute Gasteiger partial charge is 0.322 e. The summed E-state index contributed by atoms with van der Waals surface area (Å²) in [6, 6.07) is 9.48. The number of hydrogen-bond donors (Lipinski definition) is 1. The van der Waals surface area contributed by atoms with Gasteiger partial charge in [0, 0.05) is 16.8 Å². The first-order valence-corrected chi connectivity index (χ1v) is 8.34. The topological polar surface area (TPSA) is 80.3 Å². The van der Waals surface area contributed by atoms with E-state index in [2.05, 4.69) is 5.32 Å². The predicted octanol–water partition coefficient (Wildman–Crippen LogP) is 3.44. The fourth-order valence-corrected chi connectivity index (χ4v) is 2.70. The summed E-state index contributed by atoms with van der Waals surface area (Å²) in [5, 5.41) is 2.48. The van der Waals surface area contributed by atoms with Crippen LogP contribution < -0.4 is 5.32 Å². The summed E-state index contributed by atoms with van der Waals surface area (Å²) in [6.07, 6.45) is 0. The highest BCUT2D eigenvalue weighted by atomic mass is 32.2. The molecule has 2 aromatic rings. The Balaban J connectivity index is 2.22. The number of carbonyl (C=O) groups excluding carboxylic acids is 2. The molecule has 0 aliphatic carbocycles. The van der Waals surface area contributed by atoms with Gasteiger partial charge in [-0.3, -0.25) is 9.59 Å². The second-order valence-electron chi connectivity index (χ2n) is 5.06. The first-order chi connectivity index (χ1) is 11.5.